The Morgan fingerprint density at radius 1 is 1.29 bits per heavy atom. The maximum absolute atomic E-state index is 13.9. The van der Waals surface area contributed by atoms with Gasteiger partial charge in [-0.05, 0) is 62.6 Å². The summed E-state index contributed by atoms with van der Waals surface area (Å²) in [5.41, 5.74) is 20.5. The Hall–Kier alpha value is -2.98. The number of Topliss-reactive ketones (excluding diaryl/α,β-unsaturated/α-hetero) is 1. The van der Waals surface area contributed by atoms with Crippen LogP contribution in [-0.2, 0) is 10.3 Å². The third-order valence-corrected chi connectivity index (χ3v) is 8.07. The van der Waals surface area contributed by atoms with Crippen LogP contribution in [0.2, 0.25) is 0 Å². The van der Waals surface area contributed by atoms with E-state index in [0.717, 1.165) is 24.1 Å². The molecule has 0 spiro atoms. The van der Waals surface area contributed by atoms with Gasteiger partial charge in [-0.25, -0.2) is 0 Å². The van der Waals surface area contributed by atoms with E-state index in [0.29, 0.717) is 44.9 Å². The van der Waals surface area contributed by atoms with Crippen molar-refractivity contribution in [3.63, 3.8) is 0 Å². The lowest BCUT2D eigenvalue weighted by Gasteiger charge is -2.36. The fourth-order valence-corrected chi connectivity index (χ4v) is 6.36. The van der Waals surface area contributed by atoms with Crippen LogP contribution in [-0.4, -0.2) is 36.9 Å². The van der Waals surface area contributed by atoms with E-state index in [2.05, 4.69) is 10.6 Å². The number of carbonyl (C=O) groups excluding carboxylic acids is 2. The Morgan fingerprint density at radius 3 is 2.80 bits per heavy atom. The molecule has 184 valence electrons. The first kappa shape index (κ1) is 23.7. The number of nitrogen functional groups attached to an aromatic ring is 1. The van der Waals surface area contributed by atoms with Crippen LogP contribution in [0.4, 0.5) is 5.69 Å². The van der Waals surface area contributed by atoms with Crippen LogP contribution in [0.15, 0.2) is 36.4 Å². The largest absolute Gasteiger partial charge is 0.491 e. The number of nitrogens with one attached hydrogen (secondary N) is 2. The molecule has 8 N–H and O–H groups in total. The number of piperidine rings is 1. The quantitative estimate of drug-likeness (QED) is 0.343. The van der Waals surface area contributed by atoms with E-state index in [4.69, 9.17) is 21.9 Å². The van der Waals surface area contributed by atoms with Crippen LogP contribution >= 0.6 is 11.3 Å². The molecule has 0 saturated carbocycles. The van der Waals surface area contributed by atoms with Gasteiger partial charge in [0.15, 0.2) is 5.78 Å². The van der Waals surface area contributed by atoms with Crippen molar-refractivity contribution >= 4 is 38.8 Å². The Labute approximate surface area is 208 Å². The summed E-state index contributed by atoms with van der Waals surface area (Å²) in [4.78, 5) is 27.6. The van der Waals surface area contributed by atoms with E-state index in [-0.39, 0.29) is 23.8 Å². The predicted molar refractivity (Wildman–Crippen MR) is 139 cm³/mol. The zero-order valence-electron chi connectivity index (χ0n) is 19.9. The van der Waals surface area contributed by atoms with Crippen molar-refractivity contribution in [2.45, 2.75) is 50.4 Å². The van der Waals surface area contributed by atoms with Crippen molar-refractivity contribution in [3.8, 4) is 5.75 Å². The Morgan fingerprint density at radius 2 is 2.09 bits per heavy atom. The highest BCUT2D eigenvalue weighted by Crippen LogP contribution is 2.49. The van der Waals surface area contributed by atoms with E-state index in [1.807, 2.05) is 26.0 Å². The number of thiophene rings is 1. The Kier molecular flexibility index (Phi) is 6.04. The van der Waals surface area contributed by atoms with E-state index in [1.165, 1.54) is 11.3 Å². The zero-order valence-corrected chi connectivity index (χ0v) is 20.7. The molecule has 1 amide bonds. The van der Waals surface area contributed by atoms with E-state index >= 15 is 0 Å². The number of rotatable bonds is 5. The van der Waals surface area contributed by atoms with Gasteiger partial charge in [-0.2, -0.15) is 0 Å². The number of amides is 1. The molecule has 9 heteroatoms. The molecular weight excluding hydrogens is 462 g/mol. The minimum absolute atomic E-state index is 0.0262. The van der Waals surface area contributed by atoms with E-state index in [1.54, 1.807) is 24.3 Å². The molecule has 3 unspecified atom stereocenters. The molecule has 0 bridgehead atoms. The topological polar surface area (TPSA) is 145 Å². The summed E-state index contributed by atoms with van der Waals surface area (Å²) in [7, 11) is 0. The second-order valence-electron chi connectivity index (χ2n) is 9.61. The monoisotopic (exact) mass is 493 g/mol. The molecule has 1 fully saturated rings. The number of hydrogen-bond acceptors (Lipinski definition) is 8. The summed E-state index contributed by atoms with van der Waals surface area (Å²) >= 11 is 1.27. The lowest BCUT2D eigenvalue weighted by atomic mass is 9.70. The van der Waals surface area contributed by atoms with Crippen LogP contribution in [0.25, 0.3) is 10.1 Å². The minimum atomic E-state index is -1.50. The van der Waals surface area contributed by atoms with Gasteiger partial charge in [-0.3, -0.25) is 9.59 Å². The van der Waals surface area contributed by atoms with Crippen molar-refractivity contribution in [2.75, 3.05) is 18.8 Å². The molecule has 0 radical (unpaired) electrons. The van der Waals surface area contributed by atoms with Crippen molar-refractivity contribution in [2.24, 2.45) is 11.5 Å². The van der Waals surface area contributed by atoms with Crippen LogP contribution in [0.5, 0.6) is 5.75 Å². The van der Waals surface area contributed by atoms with Gasteiger partial charge in [0.2, 0.25) is 0 Å². The molecule has 35 heavy (non-hydrogen) atoms. The van der Waals surface area contributed by atoms with Gasteiger partial charge in [-0.1, -0.05) is 18.2 Å². The standard InChI is InChI=1S/C26H31N5O3S/c1-13(2)34-16-7-3-5-14(11-16)26(29)17-8-9-18(27)22-19(17)20(21(28)24(26)32)23(35-22)25(33)31-15-6-4-10-30-12-15/h3,5,7-9,11,13,15,21,30H,4,6,10,12,27-29H2,1-2H3,(H,31,33). The van der Waals surface area contributed by atoms with Crippen molar-refractivity contribution < 1.29 is 14.3 Å². The molecule has 1 aromatic heterocycles. The second-order valence-corrected chi connectivity index (χ2v) is 10.6. The second kappa shape index (κ2) is 8.91. The maximum Gasteiger partial charge on any atom is 0.262 e. The van der Waals surface area contributed by atoms with Gasteiger partial charge >= 0.3 is 0 Å². The molecular formula is C26H31N5O3S. The number of ether oxygens (including phenoxy) is 1. The lowest BCUT2D eigenvalue weighted by Crippen LogP contribution is -2.52. The van der Waals surface area contributed by atoms with Crippen molar-refractivity contribution in [3.05, 3.63) is 58.0 Å². The third-order valence-electron chi connectivity index (χ3n) is 6.81. The minimum Gasteiger partial charge on any atom is -0.491 e. The predicted octanol–water partition coefficient (Wildman–Crippen LogP) is 2.54. The summed E-state index contributed by atoms with van der Waals surface area (Å²) in [5.74, 6) is 0.0116. The molecule has 2 heterocycles. The summed E-state index contributed by atoms with van der Waals surface area (Å²) in [6.07, 6.45) is 1.86. The average Bonchev–Trinajstić information content (AvgIpc) is 3.24. The summed E-state index contributed by atoms with van der Waals surface area (Å²) < 4.78 is 6.57. The van der Waals surface area contributed by atoms with Crippen molar-refractivity contribution in [1.29, 1.82) is 0 Å². The molecule has 1 aliphatic heterocycles. The van der Waals surface area contributed by atoms with Crippen molar-refractivity contribution in [1.82, 2.24) is 10.6 Å². The first-order valence-corrected chi connectivity index (χ1v) is 12.8. The molecule has 1 aliphatic carbocycles. The highest BCUT2D eigenvalue weighted by molar-refractivity contribution is 7.21. The van der Waals surface area contributed by atoms with Gasteiger partial charge in [0, 0.05) is 29.2 Å². The first-order valence-electron chi connectivity index (χ1n) is 11.9. The number of anilines is 1. The molecule has 2 aromatic carbocycles. The first-order chi connectivity index (χ1) is 16.7. The SMILES string of the molecule is CC(C)Oc1cccc(C2(N)C(=O)C(N)c3c(C(=O)NC4CCCNC4)sc4c(N)ccc2c34)c1. The summed E-state index contributed by atoms with van der Waals surface area (Å²) in [5, 5.41) is 7.10. The van der Waals surface area contributed by atoms with Crippen LogP contribution in [0.1, 0.15) is 59.1 Å². The van der Waals surface area contributed by atoms with Gasteiger partial charge in [-0.15, -0.1) is 11.3 Å². The van der Waals surface area contributed by atoms with Crippen LogP contribution < -0.4 is 32.6 Å². The molecule has 3 atom stereocenters. The fraction of sp³-hybridized carbons (Fsp3) is 0.385. The molecule has 8 nitrogen and oxygen atoms in total. The number of benzene rings is 2. The zero-order chi connectivity index (χ0) is 24.9. The molecule has 3 aromatic rings. The Bertz CT molecular complexity index is 1310. The van der Waals surface area contributed by atoms with Gasteiger partial charge in [0.25, 0.3) is 5.91 Å². The highest BCUT2D eigenvalue weighted by Gasteiger charge is 2.49. The van der Waals surface area contributed by atoms with Gasteiger partial charge in [0.05, 0.1) is 21.7 Å². The van der Waals surface area contributed by atoms with E-state index in [9.17, 15) is 9.59 Å². The maximum atomic E-state index is 13.9. The van der Waals surface area contributed by atoms with Crippen LogP contribution in [0, 0.1) is 0 Å². The summed E-state index contributed by atoms with van der Waals surface area (Å²) in [6, 6.07) is 9.72. The Balaban J connectivity index is 1.66. The summed E-state index contributed by atoms with van der Waals surface area (Å²) in [6.45, 7) is 5.53. The highest BCUT2D eigenvalue weighted by atomic mass is 32.1. The molecule has 2 aliphatic rings. The fourth-order valence-electron chi connectivity index (χ4n) is 5.16. The smallest absolute Gasteiger partial charge is 0.262 e. The number of ketones is 1. The third kappa shape index (κ3) is 3.88. The van der Waals surface area contributed by atoms with Gasteiger partial charge in [0.1, 0.15) is 11.3 Å². The van der Waals surface area contributed by atoms with E-state index < -0.39 is 11.6 Å². The normalized spacial score (nSPS) is 24.1. The lowest BCUT2D eigenvalue weighted by molar-refractivity contribution is -0.124. The molecule has 1 saturated heterocycles. The number of hydrogen-bond donors (Lipinski definition) is 5. The van der Waals surface area contributed by atoms with Gasteiger partial charge < -0.3 is 32.6 Å². The van der Waals surface area contributed by atoms with Crippen LogP contribution in [0.3, 0.4) is 0 Å². The molecule has 5 rings (SSSR count). The number of nitrogens with two attached hydrogens (primary N) is 3. The average molecular weight is 494 g/mol. The number of carbonyl (C=O) groups is 2.